The van der Waals surface area contributed by atoms with Crippen LogP contribution in [0.5, 0.6) is 5.75 Å². The Bertz CT molecular complexity index is 772. The van der Waals surface area contributed by atoms with E-state index in [0.717, 1.165) is 5.39 Å². The van der Waals surface area contributed by atoms with Crippen LogP contribution >= 0.6 is 11.6 Å². The summed E-state index contributed by atoms with van der Waals surface area (Å²) in [5.74, 6) is 0.824. The number of benzene rings is 2. The first-order valence-corrected chi connectivity index (χ1v) is 6.43. The minimum Gasteiger partial charge on any atom is -0.497 e. The molecule has 0 spiro atoms. The van der Waals surface area contributed by atoms with Crippen molar-refractivity contribution in [2.45, 2.75) is 0 Å². The van der Waals surface area contributed by atoms with Crippen molar-refractivity contribution < 1.29 is 13.9 Å². The SMILES string of the molecule is COc1ccc2cc(C(=O)c3ccc(Cl)cc3)oc2c1. The third kappa shape index (κ3) is 2.28. The van der Waals surface area contributed by atoms with Gasteiger partial charge in [-0.15, -0.1) is 0 Å². The topological polar surface area (TPSA) is 39.4 Å². The van der Waals surface area contributed by atoms with E-state index in [1.54, 1.807) is 43.5 Å². The van der Waals surface area contributed by atoms with Gasteiger partial charge in [-0.25, -0.2) is 0 Å². The Morgan fingerprint density at radius 2 is 1.85 bits per heavy atom. The number of hydrogen-bond donors (Lipinski definition) is 0. The number of ether oxygens (including phenoxy) is 1. The fourth-order valence-electron chi connectivity index (χ4n) is 1.99. The summed E-state index contributed by atoms with van der Waals surface area (Å²) in [6.07, 6.45) is 0. The number of furan rings is 1. The molecular formula is C16H11ClO3. The molecule has 0 radical (unpaired) electrons. The summed E-state index contributed by atoms with van der Waals surface area (Å²) in [4.78, 5) is 12.3. The molecule has 0 saturated heterocycles. The van der Waals surface area contributed by atoms with Crippen LogP contribution in [0.25, 0.3) is 11.0 Å². The van der Waals surface area contributed by atoms with Crippen LogP contribution < -0.4 is 4.74 Å². The zero-order valence-corrected chi connectivity index (χ0v) is 11.5. The van der Waals surface area contributed by atoms with Gasteiger partial charge < -0.3 is 9.15 Å². The number of carbonyl (C=O) groups is 1. The molecule has 0 fully saturated rings. The predicted molar refractivity (Wildman–Crippen MR) is 77.7 cm³/mol. The summed E-state index contributed by atoms with van der Waals surface area (Å²) in [5.41, 5.74) is 1.17. The molecule has 0 aliphatic rings. The first kappa shape index (κ1) is 12.8. The third-order valence-electron chi connectivity index (χ3n) is 3.06. The molecule has 0 N–H and O–H groups in total. The van der Waals surface area contributed by atoms with Crippen molar-refractivity contribution >= 4 is 28.4 Å². The van der Waals surface area contributed by atoms with Gasteiger partial charge in [-0.05, 0) is 42.5 Å². The van der Waals surface area contributed by atoms with E-state index < -0.39 is 0 Å². The molecular weight excluding hydrogens is 276 g/mol. The van der Waals surface area contributed by atoms with Gasteiger partial charge in [0.2, 0.25) is 5.78 Å². The molecule has 20 heavy (non-hydrogen) atoms. The number of hydrogen-bond acceptors (Lipinski definition) is 3. The monoisotopic (exact) mass is 286 g/mol. The Morgan fingerprint density at radius 3 is 2.55 bits per heavy atom. The summed E-state index contributed by atoms with van der Waals surface area (Å²) in [6.45, 7) is 0. The standard InChI is InChI=1S/C16H11ClO3/c1-19-13-7-4-11-8-15(20-14(11)9-13)16(18)10-2-5-12(17)6-3-10/h2-9H,1H3. The molecule has 0 saturated carbocycles. The number of rotatable bonds is 3. The van der Waals surface area contributed by atoms with E-state index in [4.69, 9.17) is 20.8 Å². The molecule has 0 aliphatic carbocycles. The van der Waals surface area contributed by atoms with Crippen molar-refractivity contribution in [1.82, 2.24) is 0 Å². The van der Waals surface area contributed by atoms with Crippen molar-refractivity contribution in [1.29, 1.82) is 0 Å². The fourth-order valence-corrected chi connectivity index (χ4v) is 2.12. The molecule has 1 heterocycles. The highest BCUT2D eigenvalue weighted by molar-refractivity contribution is 6.30. The maximum absolute atomic E-state index is 12.3. The summed E-state index contributed by atoms with van der Waals surface area (Å²) in [5, 5.41) is 1.46. The van der Waals surface area contributed by atoms with Crippen LogP contribution in [0.4, 0.5) is 0 Å². The minimum absolute atomic E-state index is 0.170. The number of ketones is 1. The molecule has 0 aliphatic heterocycles. The normalized spacial score (nSPS) is 10.7. The molecule has 0 bridgehead atoms. The van der Waals surface area contributed by atoms with Crippen LogP contribution in [0.2, 0.25) is 5.02 Å². The summed E-state index contributed by atoms with van der Waals surface area (Å²) >= 11 is 5.81. The highest BCUT2D eigenvalue weighted by Gasteiger charge is 2.14. The third-order valence-corrected chi connectivity index (χ3v) is 3.31. The zero-order chi connectivity index (χ0) is 14.1. The molecule has 0 atom stereocenters. The van der Waals surface area contributed by atoms with Gasteiger partial charge in [-0.2, -0.15) is 0 Å². The van der Waals surface area contributed by atoms with Gasteiger partial charge in [0, 0.05) is 22.0 Å². The Hall–Kier alpha value is -2.26. The Kier molecular flexibility index (Phi) is 3.20. The lowest BCUT2D eigenvalue weighted by molar-refractivity contribution is 0.101. The summed E-state index contributed by atoms with van der Waals surface area (Å²) < 4.78 is 10.7. The van der Waals surface area contributed by atoms with E-state index in [9.17, 15) is 4.79 Å². The fraction of sp³-hybridized carbons (Fsp3) is 0.0625. The van der Waals surface area contributed by atoms with Crippen molar-refractivity contribution in [2.24, 2.45) is 0 Å². The van der Waals surface area contributed by atoms with Crippen LogP contribution in [0.1, 0.15) is 16.1 Å². The van der Waals surface area contributed by atoms with Gasteiger partial charge in [-0.1, -0.05) is 11.6 Å². The van der Waals surface area contributed by atoms with E-state index >= 15 is 0 Å². The molecule has 3 aromatic rings. The minimum atomic E-state index is -0.170. The first-order chi connectivity index (χ1) is 9.67. The Labute approximate surface area is 120 Å². The molecule has 3 nitrogen and oxygen atoms in total. The van der Waals surface area contributed by atoms with Gasteiger partial charge >= 0.3 is 0 Å². The van der Waals surface area contributed by atoms with Crippen LogP contribution in [0, 0.1) is 0 Å². The number of carbonyl (C=O) groups excluding carboxylic acids is 1. The molecule has 1 aromatic heterocycles. The first-order valence-electron chi connectivity index (χ1n) is 6.05. The van der Waals surface area contributed by atoms with Crippen LogP contribution in [-0.4, -0.2) is 12.9 Å². The highest BCUT2D eigenvalue weighted by atomic mass is 35.5. The van der Waals surface area contributed by atoms with Crippen molar-refractivity contribution in [3.63, 3.8) is 0 Å². The lowest BCUT2D eigenvalue weighted by atomic mass is 10.1. The average Bonchev–Trinajstić information content (AvgIpc) is 2.90. The summed E-state index contributed by atoms with van der Waals surface area (Å²) in [6, 6.07) is 13.9. The van der Waals surface area contributed by atoms with Crippen molar-refractivity contribution in [2.75, 3.05) is 7.11 Å². The van der Waals surface area contributed by atoms with E-state index in [1.165, 1.54) is 0 Å². The second-order valence-electron chi connectivity index (χ2n) is 4.35. The van der Waals surface area contributed by atoms with Gasteiger partial charge in [0.05, 0.1) is 7.11 Å². The maximum atomic E-state index is 12.3. The number of halogens is 1. The molecule has 3 rings (SSSR count). The lowest BCUT2D eigenvalue weighted by Crippen LogP contribution is -1.98. The number of fused-ring (bicyclic) bond motifs is 1. The Balaban J connectivity index is 2.01. The second-order valence-corrected chi connectivity index (χ2v) is 4.79. The molecule has 2 aromatic carbocycles. The second kappa shape index (κ2) is 5.02. The van der Waals surface area contributed by atoms with Gasteiger partial charge in [0.1, 0.15) is 11.3 Å². The molecule has 100 valence electrons. The average molecular weight is 287 g/mol. The van der Waals surface area contributed by atoms with E-state index in [1.807, 2.05) is 12.1 Å². The predicted octanol–water partition coefficient (Wildman–Crippen LogP) is 4.33. The Morgan fingerprint density at radius 1 is 1.10 bits per heavy atom. The number of methoxy groups -OCH3 is 1. The maximum Gasteiger partial charge on any atom is 0.228 e. The lowest BCUT2D eigenvalue weighted by Gasteiger charge is -1.97. The van der Waals surface area contributed by atoms with Crippen molar-refractivity contribution in [3.05, 3.63) is 64.9 Å². The highest BCUT2D eigenvalue weighted by Crippen LogP contribution is 2.25. The van der Waals surface area contributed by atoms with Crippen molar-refractivity contribution in [3.8, 4) is 5.75 Å². The van der Waals surface area contributed by atoms with Gasteiger partial charge in [-0.3, -0.25) is 4.79 Å². The van der Waals surface area contributed by atoms with E-state index in [-0.39, 0.29) is 5.78 Å². The quantitative estimate of drug-likeness (QED) is 0.673. The van der Waals surface area contributed by atoms with Crippen LogP contribution in [0.15, 0.2) is 52.9 Å². The van der Waals surface area contributed by atoms with Crippen LogP contribution in [-0.2, 0) is 0 Å². The molecule has 4 heteroatoms. The van der Waals surface area contributed by atoms with Crippen LogP contribution in [0.3, 0.4) is 0 Å². The zero-order valence-electron chi connectivity index (χ0n) is 10.7. The molecule has 0 amide bonds. The molecule has 0 unspecified atom stereocenters. The van der Waals surface area contributed by atoms with Gasteiger partial charge in [0.15, 0.2) is 5.76 Å². The van der Waals surface area contributed by atoms with E-state index in [0.29, 0.717) is 27.7 Å². The largest absolute Gasteiger partial charge is 0.497 e. The van der Waals surface area contributed by atoms with Gasteiger partial charge in [0.25, 0.3) is 0 Å². The van der Waals surface area contributed by atoms with E-state index in [2.05, 4.69) is 0 Å². The smallest absolute Gasteiger partial charge is 0.228 e. The summed E-state index contributed by atoms with van der Waals surface area (Å²) in [7, 11) is 1.59.